The standard InChI is InChI=1S/C10H14N2O2S/c1-14-10-12-8(5-15-10)9(13)6-3-2-4-7(6)11/h5-7H,2-4,11H2,1H3. The second kappa shape index (κ2) is 4.28. The largest absolute Gasteiger partial charge is 0.473 e. The van der Waals surface area contributed by atoms with Crippen LogP contribution in [0, 0.1) is 5.92 Å². The van der Waals surface area contributed by atoms with E-state index in [1.165, 1.54) is 11.3 Å². The van der Waals surface area contributed by atoms with Crippen LogP contribution in [0.4, 0.5) is 0 Å². The Labute approximate surface area is 92.5 Å². The van der Waals surface area contributed by atoms with Gasteiger partial charge in [0.2, 0.25) is 0 Å². The highest BCUT2D eigenvalue weighted by Gasteiger charge is 2.32. The van der Waals surface area contributed by atoms with Gasteiger partial charge in [0.1, 0.15) is 5.69 Å². The molecular formula is C10H14N2O2S. The van der Waals surface area contributed by atoms with Crippen molar-refractivity contribution in [3.8, 4) is 5.19 Å². The minimum absolute atomic E-state index is 0.00481. The Morgan fingerprint density at radius 1 is 1.67 bits per heavy atom. The van der Waals surface area contributed by atoms with Gasteiger partial charge >= 0.3 is 0 Å². The Balaban J connectivity index is 2.13. The molecule has 0 aliphatic heterocycles. The van der Waals surface area contributed by atoms with E-state index in [-0.39, 0.29) is 17.7 Å². The number of nitrogens with two attached hydrogens (primary N) is 1. The van der Waals surface area contributed by atoms with Crippen LogP contribution < -0.4 is 10.5 Å². The monoisotopic (exact) mass is 226 g/mol. The van der Waals surface area contributed by atoms with Gasteiger partial charge in [-0.2, -0.15) is 4.98 Å². The van der Waals surface area contributed by atoms with Gasteiger partial charge in [0, 0.05) is 17.3 Å². The summed E-state index contributed by atoms with van der Waals surface area (Å²) in [5.74, 6) is 0.0244. The van der Waals surface area contributed by atoms with Gasteiger partial charge in [-0.3, -0.25) is 4.79 Å². The topological polar surface area (TPSA) is 65.2 Å². The Hall–Kier alpha value is -0.940. The molecule has 2 rings (SSSR count). The molecule has 1 aliphatic carbocycles. The van der Waals surface area contributed by atoms with Crippen molar-refractivity contribution < 1.29 is 9.53 Å². The van der Waals surface area contributed by atoms with Crippen LogP contribution in [0.1, 0.15) is 29.8 Å². The lowest BCUT2D eigenvalue weighted by atomic mass is 9.97. The maximum Gasteiger partial charge on any atom is 0.273 e. The first-order chi connectivity index (χ1) is 7.22. The van der Waals surface area contributed by atoms with Gasteiger partial charge in [0.05, 0.1) is 7.11 Å². The highest BCUT2D eigenvalue weighted by molar-refractivity contribution is 7.11. The average molecular weight is 226 g/mol. The predicted octanol–water partition coefficient (Wildman–Crippen LogP) is 1.46. The number of aromatic nitrogens is 1. The van der Waals surface area contributed by atoms with Crippen LogP contribution in [-0.4, -0.2) is 23.9 Å². The molecule has 1 fully saturated rings. The first-order valence-corrected chi connectivity index (χ1v) is 5.89. The number of ketones is 1. The van der Waals surface area contributed by atoms with Crippen LogP contribution in [0.2, 0.25) is 0 Å². The van der Waals surface area contributed by atoms with Crippen LogP contribution in [0.3, 0.4) is 0 Å². The molecule has 5 heteroatoms. The van der Waals surface area contributed by atoms with E-state index in [4.69, 9.17) is 10.5 Å². The van der Waals surface area contributed by atoms with Crippen LogP contribution >= 0.6 is 11.3 Å². The second-order valence-corrected chi connectivity index (χ2v) is 4.59. The highest BCUT2D eigenvalue weighted by atomic mass is 32.1. The normalized spacial score (nSPS) is 25.5. The molecule has 82 valence electrons. The number of nitrogens with zero attached hydrogens (tertiary/aromatic N) is 1. The van der Waals surface area contributed by atoms with Crippen molar-refractivity contribution in [2.45, 2.75) is 25.3 Å². The molecule has 2 unspecified atom stereocenters. The average Bonchev–Trinajstić information content (AvgIpc) is 2.84. The quantitative estimate of drug-likeness (QED) is 0.792. The molecule has 1 saturated carbocycles. The van der Waals surface area contributed by atoms with Crippen molar-refractivity contribution in [3.63, 3.8) is 0 Å². The summed E-state index contributed by atoms with van der Waals surface area (Å²) in [6.45, 7) is 0. The molecule has 1 heterocycles. The van der Waals surface area contributed by atoms with Crippen molar-refractivity contribution in [1.82, 2.24) is 4.98 Å². The lowest BCUT2D eigenvalue weighted by Gasteiger charge is -2.11. The maximum absolute atomic E-state index is 12.0. The predicted molar refractivity (Wildman–Crippen MR) is 58.3 cm³/mol. The van der Waals surface area contributed by atoms with Gasteiger partial charge < -0.3 is 10.5 Å². The molecule has 0 bridgehead atoms. The van der Waals surface area contributed by atoms with Gasteiger partial charge in [-0.15, -0.1) is 0 Å². The SMILES string of the molecule is COc1nc(C(=O)C2CCCC2N)cs1. The molecule has 1 aliphatic rings. The van der Waals surface area contributed by atoms with Crippen molar-refractivity contribution >= 4 is 17.1 Å². The van der Waals surface area contributed by atoms with Crippen LogP contribution in [0.5, 0.6) is 5.19 Å². The van der Waals surface area contributed by atoms with Crippen LogP contribution in [0.25, 0.3) is 0 Å². The Bertz CT molecular complexity index is 364. The van der Waals surface area contributed by atoms with E-state index in [2.05, 4.69) is 4.98 Å². The first-order valence-electron chi connectivity index (χ1n) is 5.01. The Morgan fingerprint density at radius 2 is 2.47 bits per heavy atom. The minimum Gasteiger partial charge on any atom is -0.473 e. The van der Waals surface area contributed by atoms with E-state index in [0.717, 1.165) is 19.3 Å². The Kier molecular flexibility index (Phi) is 3.02. The van der Waals surface area contributed by atoms with E-state index in [0.29, 0.717) is 10.9 Å². The summed E-state index contributed by atoms with van der Waals surface area (Å²) in [6, 6.07) is 0.00481. The van der Waals surface area contributed by atoms with Crippen LogP contribution in [-0.2, 0) is 0 Å². The van der Waals surface area contributed by atoms with E-state index in [1.807, 2.05) is 0 Å². The number of hydrogen-bond acceptors (Lipinski definition) is 5. The van der Waals surface area contributed by atoms with Gasteiger partial charge in [0.15, 0.2) is 5.78 Å². The lowest BCUT2D eigenvalue weighted by molar-refractivity contribution is 0.0908. The number of rotatable bonds is 3. The number of Topliss-reactive ketones (excluding diaryl/α,β-unsaturated/α-hetero) is 1. The minimum atomic E-state index is -0.0446. The summed E-state index contributed by atoms with van der Waals surface area (Å²) in [4.78, 5) is 16.1. The van der Waals surface area contributed by atoms with Gasteiger partial charge in [0.25, 0.3) is 5.19 Å². The number of thiazole rings is 1. The third-order valence-electron chi connectivity index (χ3n) is 2.82. The van der Waals surface area contributed by atoms with Gasteiger partial charge in [-0.25, -0.2) is 0 Å². The van der Waals surface area contributed by atoms with Crippen LogP contribution in [0.15, 0.2) is 5.38 Å². The van der Waals surface area contributed by atoms with E-state index >= 15 is 0 Å². The molecular weight excluding hydrogens is 212 g/mol. The number of ether oxygens (including phenoxy) is 1. The third kappa shape index (κ3) is 2.03. The van der Waals surface area contributed by atoms with E-state index in [9.17, 15) is 4.79 Å². The summed E-state index contributed by atoms with van der Waals surface area (Å²) >= 11 is 1.34. The van der Waals surface area contributed by atoms with Crippen molar-refractivity contribution in [2.24, 2.45) is 11.7 Å². The smallest absolute Gasteiger partial charge is 0.273 e. The van der Waals surface area contributed by atoms with Gasteiger partial charge in [-0.05, 0) is 12.8 Å². The Morgan fingerprint density at radius 3 is 3.00 bits per heavy atom. The number of carbonyl (C=O) groups is 1. The molecule has 15 heavy (non-hydrogen) atoms. The zero-order valence-corrected chi connectivity index (χ0v) is 9.42. The maximum atomic E-state index is 12.0. The molecule has 0 radical (unpaired) electrons. The molecule has 1 aromatic heterocycles. The molecule has 0 saturated heterocycles. The zero-order chi connectivity index (χ0) is 10.8. The second-order valence-electron chi connectivity index (χ2n) is 3.77. The first kappa shape index (κ1) is 10.6. The van der Waals surface area contributed by atoms with Crippen molar-refractivity contribution in [3.05, 3.63) is 11.1 Å². The molecule has 2 N–H and O–H groups in total. The van der Waals surface area contributed by atoms with Crippen molar-refractivity contribution in [1.29, 1.82) is 0 Å². The van der Waals surface area contributed by atoms with E-state index < -0.39 is 0 Å². The van der Waals surface area contributed by atoms with Crippen molar-refractivity contribution in [2.75, 3.05) is 7.11 Å². The fourth-order valence-electron chi connectivity index (χ4n) is 1.97. The highest BCUT2D eigenvalue weighted by Crippen LogP contribution is 2.28. The summed E-state index contributed by atoms with van der Waals surface area (Å²) in [5.41, 5.74) is 6.38. The van der Waals surface area contributed by atoms with E-state index in [1.54, 1.807) is 12.5 Å². The van der Waals surface area contributed by atoms with Gasteiger partial charge in [-0.1, -0.05) is 17.8 Å². The molecule has 0 amide bonds. The summed E-state index contributed by atoms with van der Waals surface area (Å²) in [5, 5.41) is 2.27. The summed E-state index contributed by atoms with van der Waals surface area (Å²) in [7, 11) is 1.55. The summed E-state index contributed by atoms with van der Waals surface area (Å²) in [6.07, 6.45) is 2.87. The zero-order valence-electron chi connectivity index (χ0n) is 8.60. The molecule has 4 nitrogen and oxygen atoms in total. The fraction of sp³-hybridized carbons (Fsp3) is 0.600. The third-order valence-corrected chi connectivity index (χ3v) is 3.62. The number of hydrogen-bond donors (Lipinski definition) is 1. The molecule has 1 aromatic rings. The molecule has 0 spiro atoms. The number of methoxy groups -OCH3 is 1. The number of carbonyl (C=O) groups excluding carboxylic acids is 1. The molecule has 2 atom stereocenters. The molecule has 0 aromatic carbocycles. The fourth-order valence-corrected chi connectivity index (χ4v) is 2.60. The summed E-state index contributed by atoms with van der Waals surface area (Å²) < 4.78 is 4.96. The lowest BCUT2D eigenvalue weighted by Crippen LogP contribution is -2.30.